The number of benzene rings is 1. The highest BCUT2D eigenvalue weighted by Gasteiger charge is 2.44. The van der Waals surface area contributed by atoms with E-state index in [4.69, 9.17) is 0 Å². The fourth-order valence-corrected chi connectivity index (χ4v) is 4.14. The molecule has 0 spiro atoms. The lowest BCUT2D eigenvalue weighted by atomic mass is 9.96. The average molecular weight is 513 g/mol. The zero-order valence-corrected chi connectivity index (χ0v) is 20.3. The zero-order chi connectivity index (χ0) is 20.0. The molecule has 1 aliphatic carbocycles. The van der Waals surface area contributed by atoms with Crippen LogP contribution >= 0.6 is 24.0 Å². The number of aliphatic imine (C=N–C) groups is 1. The topological polar surface area (TPSA) is 60.0 Å². The largest absolute Gasteiger partial charge is 0.356 e. The molecule has 1 aromatic rings. The summed E-state index contributed by atoms with van der Waals surface area (Å²) in [6.07, 6.45) is 5.56. The van der Waals surface area contributed by atoms with Gasteiger partial charge < -0.3 is 15.5 Å². The second-order valence-corrected chi connectivity index (χ2v) is 8.28. The van der Waals surface area contributed by atoms with Crippen LogP contribution in [0.5, 0.6) is 0 Å². The van der Waals surface area contributed by atoms with Crippen molar-refractivity contribution >= 4 is 35.8 Å². The van der Waals surface area contributed by atoms with Crippen molar-refractivity contribution in [3.8, 4) is 0 Å². The average Bonchev–Trinajstić information content (AvgIpc) is 3.37. The van der Waals surface area contributed by atoms with E-state index < -0.39 is 0 Å². The molecule has 1 aromatic carbocycles. The molecule has 2 fully saturated rings. The van der Waals surface area contributed by atoms with Crippen LogP contribution in [0.4, 0.5) is 0 Å². The van der Waals surface area contributed by atoms with Crippen molar-refractivity contribution in [2.45, 2.75) is 43.6 Å². The SMILES string of the molecule is CN=C(NCCCN1CCCC1C(=O)N(C)C)NCC1(c2ccccc2)CC1.I. The number of nitrogens with one attached hydrogen (secondary N) is 2. The van der Waals surface area contributed by atoms with Crippen molar-refractivity contribution in [3.05, 3.63) is 35.9 Å². The van der Waals surface area contributed by atoms with Crippen LogP contribution in [-0.2, 0) is 10.2 Å². The molecular weight excluding hydrogens is 477 g/mol. The summed E-state index contributed by atoms with van der Waals surface area (Å²) in [6, 6.07) is 10.8. The lowest BCUT2D eigenvalue weighted by molar-refractivity contribution is -0.133. The minimum Gasteiger partial charge on any atom is -0.356 e. The van der Waals surface area contributed by atoms with Gasteiger partial charge >= 0.3 is 0 Å². The Morgan fingerprint density at radius 3 is 2.59 bits per heavy atom. The lowest BCUT2D eigenvalue weighted by Crippen LogP contribution is -2.44. The Kier molecular flexibility index (Phi) is 9.20. The summed E-state index contributed by atoms with van der Waals surface area (Å²) in [5.74, 6) is 1.10. The highest BCUT2D eigenvalue weighted by molar-refractivity contribution is 14.0. The second kappa shape index (κ2) is 11.2. The van der Waals surface area contributed by atoms with Crippen LogP contribution in [-0.4, -0.2) is 75.0 Å². The normalized spacial score (nSPS) is 20.7. The summed E-state index contributed by atoms with van der Waals surface area (Å²) in [6.45, 7) is 3.75. The van der Waals surface area contributed by atoms with Crippen molar-refractivity contribution < 1.29 is 4.79 Å². The third-order valence-corrected chi connectivity index (χ3v) is 6.06. The number of halogens is 1. The molecule has 29 heavy (non-hydrogen) atoms. The Bertz CT molecular complexity index is 675. The monoisotopic (exact) mass is 513 g/mol. The summed E-state index contributed by atoms with van der Waals surface area (Å²) in [5, 5.41) is 6.93. The molecule has 1 amide bonds. The Balaban J connectivity index is 0.00000300. The maximum absolute atomic E-state index is 12.3. The first-order chi connectivity index (χ1) is 13.6. The van der Waals surface area contributed by atoms with E-state index in [2.05, 4.69) is 50.9 Å². The van der Waals surface area contributed by atoms with Gasteiger partial charge in [-0.3, -0.25) is 14.7 Å². The predicted octanol–water partition coefficient (Wildman–Crippen LogP) is 2.44. The van der Waals surface area contributed by atoms with Crippen LogP contribution < -0.4 is 10.6 Å². The van der Waals surface area contributed by atoms with Crippen LogP contribution in [0.2, 0.25) is 0 Å². The van der Waals surface area contributed by atoms with Gasteiger partial charge in [0.25, 0.3) is 0 Å². The zero-order valence-electron chi connectivity index (χ0n) is 18.0. The number of hydrogen-bond acceptors (Lipinski definition) is 3. The van der Waals surface area contributed by atoms with Crippen LogP contribution in [0.15, 0.2) is 35.3 Å². The molecule has 0 bridgehead atoms. The van der Waals surface area contributed by atoms with Crippen molar-refractivity contribution in [2.24, 2.45) is 4.99 Å². The number of amides is 1. The number of carbonyl (C=O) groups excluding carboxylic acids is 1. The number of rotatable bonds is 8. The first-order valence-corrected chi connectivity index (χ1v) is 10.5. The van der Waals surface area contributed by atoms with E-state index in [0.29, 0.717) is 0 Å². The molecular formula is C22H36IN5O. The lowest BCUT2D eigenvalue weighted by Gasteiger charge is -2.26. The number of nitrogens with zero attached hydrogens (tertiary/aromatic N) is 3. The van der Waals surface area contributed by atoms with Gasteiger partial charge in [0.1, 0.15) is 0 Å². The summed E-state index contributed by atoms with van der Waals surface area (Å²) in [7, 11) is 5.51. The maximum Gasteiger partial charge on any atom is 0.239 e. The molecule has 1 heterocycles. The summed E-state index contributed by atoms with van der Waals surface area (Å²) >= 11 is 0. The van der Waals surface area contributed by atoms with Crippen LogP contribution in [0, 0.1) is 0 Å². The van der Waals surface area contributed by atoms with E-state index in [1.807, 2.05) is 21.1 Å². The fourth-order valence-electron chi connectivity index (χ4n) is 4.14. The van der Waals surface area contributed by atoms with E-state index in [0.717, 1.165) is 51.4 Å². The van der Waals surface area contributed by atoms with Gasteiger partial charge in [-0.1, -0.05) is 30.3 Å². The minimum atomic E-state index is 0. The molecule has 1 aliphatic heterocycles. The molecule has 1 atom stereocenters. The second-order valence-electron chi connectivity index (χ2n) is 8.28. The molecule has 162 valence electrons. The first-order valence-electron chi connectivity index (χ1n) is 10.5. The molecule has 2 N–H and O–H groups in total. The first kappa shape index (κ1) is 23.9. The molecule has 1 unspecified atom stereocenters. The standard InChI is InChI=1S/C22H35N5O.HI/c1-23-21(25-17-22(12-13-22)18-9-5-4-6-10-18)24-14-8-16-27-15-7-11-19(27)20(28)26(2)3;/h4-6,9-10,19H,7-8,11-17H2,1-3H3,(H2,23,24,25);1H. The van der Waals surface area contributed by atoms with Crippen LogP contribution in [0.3, 0.4) is 0 Å². The quantitative estimate of drug-likeness (QED) is 0.243. The number of likely N-dealkylation sites (N-methyl/N-ethyl adjacent to an activating group) is 1. The van der Waals surface area contributed by atoms with E-state index in [1.54, 1.807) is 4.90 Å². The van der Waals surface area contributed by atoms with Crippen molar-refractivity contribution in [1.29, 1.82) is 0 Å². The number of guanidine groups is 1. The van der Waals surface area contributed by atoms with Gasteiger partial charge in [-0.25, -0.2) is 0 Å². The van der Waals surface area contributed by atoms with Gasteiger partial charge in [0.2, 0.25) is 5.91 Å². The molecule has 0 aromatic heterocycles. The molecule has 2 aliphatic rings. The fraction of sp³-hybridized carbons (Fsp3) is 0.636. The number of carbonyl (C=O) groups is 1. The summed E-state index contributed by atoms with van der Waals surface area (Å²) in [5.41, 5.74) is 1.69. The highest BCUT2D eigenvalue weighted by atomic mass is 127. The van der Waals surface area contributed by atoms with E-state index in [1.165, 1.54) is 18.4 Å². The molecule has 6 nitrogen and oxygen atoms in total. The van der Waals surface area contributed by atoms with Crippen molar-refractivity contribution in [1.82, 2.24) is 20.4 Å². The van der Waals surface area contributed by atoms with Crippen LogP contribution in [0.1, 0.15) is 37.7 Å². The highest BCUT2D eigenvalue weighted by Crippen LogP contribution is 2.47. The minimum absolute atomic E-state index is 0. The van der Waals surface area contributed by atoms with E-state index in [9.17, 15) is 4.79 Å². The van der Waals surface area contributed by atoms with Gasteiger partial charge in [-0.05, 0) is 44.2 Å². The Morgan fingerprint density at radius 1 is 1.24 bits per heavy atom. The van der Waals surface area contributed by atoms with E-state index >= 15 is 0 Å². The van der Waals surface area contributed by atoms with Gasteiger partial charge in [0, 0.05) is 46.2 Å². The predicted molar refractivity (Wildman–Crippen MR) is 130 cm³/mol. The summed E-state index contributed by atoms with van der Waals surface area (Å²) < 4.78 is 0. The molecule has 1 saturated heterocycles. The molecule has 3 rings (SSSR count). The number of hydrogen-bond donors (Lipinski definition) is 2. The third kappa shape index (κ3) is 6.31. The van der Waals surface area contributed by atoms with Gasteiger partial charge in [-0.2, -0.15) is 0 Å². The van der Waals surface area contributed by atoms with Crippen molar-refractivity contribution in [2.75, 3.05) is 47.3 Å². The smallest absolute Gasteiger partial charge is 0.239 e. The van der Waals surface area contributed by atoms with Gasteiger partial charge in [0.05, 0.1) is 6.04 Å². The summed E-state index contributed by atoms with van der Waals surface area (Å²) in [4.78, 5) is 20.7. The molecule has 0 radical (unpaired) electrons. The maximum atomic E-state index is 12.3. The Morgan fingerprint density at radius 2 is 1.97 bits per heavy atom. The van der Waals surface area contributed by atoms with E-state index in [-0.39, 0.29) is 41.3 Å². The van der Waals surface area contributed by atoms with Gasteiger partial charge in [0.15, 0.2) is 5.96 Å². The van der Waals surface area contributed by atoms with Crippen molar-refractivity contribution in [3.63, 3.8) is 0 Å². The third-order valence-electron chi connectivity index (χ3n) is 6.06. The number of likely N-dealkylation sites (tertiary alicyclic amines) is 1. The van der Waals surface area contributed by atoms with Gasteiger partial charge in [-0.15, -0.1) is 24.0 Å². The molecule has 7 heteroatoms. The Hall–Kier alpha value is -1.35. The molecule has 1 saturated carbocycles. The Labute approximate surface area is 192 Å². The van der Waals surface area contributed by atoms with Crippen LogP contribution in [0.25, 0.3) is 0 Å².